The molecule has 158 valence electrons. The van der Waals surface area contributed by atoms with Crippen molar-refractivity contribution < 1.29 is 13.2 Å². The van der Waals surface area contributed by atoms with Gasteiger partial charge in [0.15, 0.2) is 5.13 Å². The Morgan fingerprint density at radius 1 is 1.21 bits per heavy atom. The predicted octanol–water partition coefficient (Wildman–Crippen LogP) is 3.41. The second-order valence-corrected chi connectivity index (χ2v) is 10.4. The highest BCUT2D eigenvalue weighted by atomic mass is 32.2. The van der Waals surface area contributed by atoms with Gasteiger partial charge in [-0.15, -0.1) is 11.3 Å². The Labute approximate surface area is 176 Å². The van der Waals surface area contributed by atoms with Gasteiger partial charge < -0.3 is 0 Å². The van der Waals surface area contributed by atoms with E-state index >= 15 is 0 Å². The molecule has 0 unspecified atom stereocenters. The summed E-state index contributed by atoms with van der Waals surface area (Å²) in [7, 11) is -2.02. The lowest BCUT2D eigenvalue weighted by Crippen LogP contribution is -2.33. The second-order valence-electron chi connectivity index (χ2n) is 7.57. The van der Waals surface area contributed by atoms with Gasteiger partial charge in [-0.2, -0.15) is 4.31 Å². The fourth-order valence-electron chi connectivity index (χ4n) is 3.17. The van der Waals surface area contributed by atoms with Crippen LogP contribution in [0.25, 0.3) is 0 Å². The molecule has 0 radical (unpaired) electrons. The molecule has 1 N–H and O–H groups in total. The Kier molecular flexibility index (Phi) is 7.05. The van der Waals surface area contributed by atoms with Crippen molar-refractivity contribution in [1.29, 1.82) is 0 Å². The number of hydrogen-bond acceptors (Lipinski definition) is 6. The second kappa shape index (κ2) is 9.34. The predicted molar refractivity (Wildman–Crippen MR) is 116 cm³/mol. The van der Waals surface area contributed by atoms with E-state index in [1.807, 2.05) is 19.2 Å². The number of nitrogens with zero attached hydrogens (tertiary/aromatic N) is 3. The lowest BCUT2D eigenvalue weighted by Gasteiger charge is -2.25. The number of rotatable bonds is 7. The molecule has 1 aromatic heterocycles. The molecule has 3 rings (SSSR count). The molecule has 1 aliphatic heterocycles. The highest BCUT2D eigenvalue weighted by Crippen LogP contribution is 2.21. The number of piperidine rings is 1. The van der Waals surface area contributed by atoms with Crippen molar-refractivity contribution in [3.8, 4) is 0 Å². The third kappa shape index (κ3) is 5.42. The Bertz CT molecular complexity index is 933. The molecular weight excluding hydrogens is 408 g/mol. The lowest BCUT2D eigenvalue weighted by atomic mass is 10.1. The van der Waals surface area contributed by atoms with Crippen LogP contribution in [-0.2, 0) is 16.6 Å². The molecule has 2 aromatic rings. The number of sulfonamides is 1. The van der Waals surface area contributed by atoms with Crippen molar-refractivity contribution in [3.63, 3.8) is 0 Å². The van der Waals surface area contributed by atoms with Crippen LogP contribution in [0.2, 0.25) is 0 Å². The molecule has 1 aliphatic rings. The summed E-state index contributed by atoms with van der Waals surface area (Å²) in [5.41, 5.74) is 1.36. The van der Waals surface area contributed by atoms with Crippen LogP contribution in [0.15, 0.2) is 34.5 Å². The summed E-state index contributed by atoms with van der Waals surface area (Å²) in [6.07, 6.45) is 3.75. The highest BCUT2D eigenvalue weighted by Gasteiger charge is 2.23. The van der Waals surface area contributed by atoms with Crippen molar-refractivity contribution in [2.45, 2.75) is 50.6 Å². The van der Waals surface area contributed by atoms with Crippen LogP contribution >= 0.6 is 11.3 Å². The molecule has 9 heteroatoms. The van der Waals surface area contributed by atoms with Crippen LogP contribution in [0.3, 0.4) is 0 Å². The first-order valence-corrected chi connectivity index (χ1v) is 12.2. The molecule has 1 amide bonds. The molecule has 0 bridgehead atoms. The van der Waals surface area contributed by atoms with Gasteiger partial charge in [0.05, 0.1) is 10.6 Å². The molecule has 1 aromatic carbocycles. The van der Waals surface area contributed by atoms with Crippen molar-refractivity contribution in [2.75, 3.05) is 25.5 Å². The van der Waals surface area contributed by atoms with Crippen LogP contribution in [0, 0.1) is 0 Å². The maximum absolute atomic E-state index is 12.5. The maximum Gasteiger partial charge on any atom is 0.257 e. The monoisotopic (exact) mass is 436 g/mol. The maximum atomic E-state index is 12.5. The van der Waals surface area contributed by atoms with Gasteiger partial charge in [0.25, 0.3) is 5.91 Å². The third-order valence-corrected chi connectivity index (χ3v) is 7.98. The number of carbonyl (C=O) groups is 1. The number of carbonyl (C=O) groups excluding carboxylic acids is 1. The molecule has 29 heavy (non-hydrogen) atoms. The zero-order valence-corrected chi connectivity index (χ0v) is 18.7. The summed E-state index contributed by atoms with van der Waals surface area (Å²) >= 11 is 1.40. The lowest BCUT2D eigenvalue weighted by molar-refractivity contribution is 0.102. The number of thiazole rings is 1. The Hall–Kier alpha value is -1.81. The first-order valence-electron chi connectivity index (χ1n) is 9.83. The molecule has 1 fully saturated rings. The SMILES string of the molecule is CC(C)N(C)S(=O)(=O)c1ccc(C(=O)Nc2nc(CN3CCCCC3)cs2)cc1. The fraction of sp³-hybridized carbons (Fsp3) is 0.500. The Morgan fingerprint density at radius 3 is 2.48 bits per heavy atom. The summed E-state index contributed by atoms with van der Waals surface area (Å²) in [5, 5.41) is 5.33. The standard InChI is InChI=1S/C20H28N4O3S2/c1-15(2)23(3)29(26,27)18-9-7-16(8-10-18)19(25)22-20-21-17(14-28-20)13-24-11-5-4-6-12-24/h7-10,14-15H,4-6,11-13H2,1-3H3,(H,21,22,25). The number of nitrogens with one attached hydrogen (secondary N) is 1. The van der Waals surface area contributed by atoms with Gasteiger partial charge in [-0.3, -0.25) is 15.0 Å². The molecule has 2 heterocycles. The average Bonchev–Trinajstić information content (AvgIpc) is 3.14. The van der Waals surface area contributed by atoms with Crippen LogP contribution in [0.4, 0.5) is 5.13 Å². The van der Waals surface area contributed by atoms with Crippen molar-refractivity contribution in [3.05, 3.63) is 40.9 Å². The number of aromatic nitrogens is 1. The van der Waals surface area contributed by atoms with E-state index in [1.54, 1.807) is 7.05 Å². The molecule has 1 saturated heterocycles. The number of likely N-dealkylation sites (tertiary alicyclic amines) is 1. The quantitative estimate of drug-likeness (QED) is 0.719. The van der Waals surface area contributed by atoms with E-state index in [-0.39, 0.29) is 16.8 Å². The van der Waals surface area contributed by atoms with Gasteiger partial charge in [-0.05, 0) is 64.0 Å². The summed E-state index contributed by atoms with van der Waals surface area (Å²) < 4.78 is 26.4. The number of amides is 1. The molecular formula is C20H28N4O3S2. The number of anilines is 1. The summed E-state index contributed by atoms with van der Waals surface area (Å²) in [6.45, 7) is 6.63. The van der Waals surface area contributed by atoms with Crippen molar-refractivity contribution in [1.82, 2.24) is 14.2 Å². The van der Waals surface area contributed by atoms with Gasteiger partial charge in [-0.25, -0.2) is 13.4 Å². The molecule has 0 saturated carbocycles. The van der Waals surface area contributed by atoms with Crippen LogP contribution < -0.4 is 5.32 Å². The number of hydrogen-bond donors (Lipinski definition) is 1. The van der Waals surface area contributed by atoms with Gasteiger partial charge in [0, 0.05) is 30.6 Å². The summed E-state index contributed by atoms with van der Waals surface area (Å²) in [5.74, 6) is -0.301. The van der Waals surface area contributed by atoms with E-state index in [9.17, 15) is 13.2 Å². The minimum absolute atomic E-state index is 0.146. The topological polar surface area (TPSA) is 82.6 Å². The zero-order chi connectivity index (χ0) is 21.0. The molecule has 0 atom stereocenters. The van der Waals surface area contributed by atoms with E-state index in [0.717, 1.165) is 25.3 Å². The molecule has 0 aliphatic carbocycles. The smallest absolute Gasteiger partial charge is 0.257 e. The van der Waals surface area contributed by atoms with Gasteiger partial charge in [-0.1, -0.05) is 6.42 Å². The van der Waals surface area contributed by atoms with Crippen molar-refractivity contribution in [2.24, 2.45) is 0 Å². The largest absolute Gasteiger partial charge is 0.298 e. The number of benzene rings is 1. The molecule has 0 spiro atoms. The highest BCUT2D eigenvalue weighted by molar-refractivity contribution is 7.89. The van der Waals surface area contributed by atoms with E-state index in [0.29, 0.717) is 10.7 Å². The van der Waals surface area contributed by atoms with E-state index in [4.69, 9.17) is 0 Å². The van der Waals surface area contributed by atoms with E-state index in [2.05, 4.69) is 15.2 Å². The first-order chi connectivity index (χ1) is 13.8. The van der Waals surface area contributed by atoms with Gasteiger partial charge >= 0.3 is 0 Å². The van der Waals surface area contributed by atoms with Crippen LogP contribution in [-0.4, -0.2) is 54.7 Å². The average molecular weight is 437 g/mol. The fourth-order valence-corrected chi connectivity index (χ4v) is 5.24. The normalized spacial score (nSPS) is 15.8. The van der Waals surface area contributed by atoms with Gasteiger partial charge in [0.2, 0.25) is 10.0 Å². The van der Waals surface area contributed by atoms with Crippen molar-refractivity contribution >= 4 is 32.4 Å². The Morgan fingerprint density at radius 2 is 1.86 bits per heavy atom. The van der Waals surface area contributed by atoms with Gasteiger partial charge in [0.1, 0.15) is 0 Å². The van der Waals surface area contributed by atoms with Crippen LogP contribution in [0.5, 0.6) is 0 Å². The summed E-state index contributed by atoms with van der Waals surface area (Å²) in [6, 6.07) is 5.84. The zero-order valence-electron chi connectivity index (χ0n) is 17.1. The third-order valence-electron chi connectivity index (χ3n) is 5.13. The summed E-state index contributed by atoms with van der Waals surface area (Å²) in [4.78, 5) is 19.6. The van der Waals surface area contributed by atoms with E-state index < -0.39 is 10.0 Å². The molecule has 7 nitrogen and oxygen atoms in total. The minimum Gasteiger partial charge on any atom is -0.298 e. The minimum atomic E-state index is -3.56. The first kappa shape index (κ1) is 21.9. The Balaban J connectivity index is 1.62. The van der Waals surface area contributed by atoms with E-state index in [1.165, 1.54) is 59.2 Å². The van der Waals surface area contributed by atoms with Crippen LogP contribution in [0.1, 0.15) is 49.2 Å².